The van der Waals surface area contributed by atoms with Gasteiger partial charge in [0.15, 0.2) is 5.71 Å². The van der Waals surface area contributed by atoms with E-state index in [1.54, 1.807) is 37.4 Å². The van der Waals surface area contributed by atoms with Crippen LogP contribution in [0.25, 0.3) is 21.5 Å². The minimum Gasteiger partial charge on any atom is -0.744 e. The van der Waals surface area contributed by atoms with E-state index in [-0.39, 0.29) is 130 Å². The van der Waals surface area contributed by atoms with Crippen LogP contribution in [-0.2, 0) is 56.1 Å². The Bertz CT molecular complexity index is 3260. The van der Waals surface area contributed by atoms with E-state index >= 15 is 0 Å². The number of nitrogens with two attached hydrogens (primary N) is 1. The summed E-state index contributed by atoms with van der Waals surface area (Å²) in [5, 5.41) is 3.20. The van der Waals surface area contributed by atoms with Crippen molar-refractivity contribution in [3.63, 3.8) is 0 Å². The standard InChI is InChI=1S/C46H56N4O13S4.2K/c1-45(2)40(49(5)36-21-19-32-34(43(36)45)26-30(64(52,53)54)28-38(32)66(58,59)60)16-10-8-11-17-41-46(3,4)44-35-27-31(65(55,56)57)29-39(67(61,62)63)33(35)20-22-37(44)50(41)25-15-9-12-18-42(51)48-24-14-7-6-13-23-47;;/h8,10-11,16-17,19-22,26-29H,6-7,9,12-15,18,23-25,47H2,1-5H3,(H4-,48,51,52,53,54,55,56,57,58,59,60,61,62,63);;/q;2*+1/p-2. The summed E-state index contributed by atoms with van der Waals surface area (Å²) in [5.41, 5.74) is 7.37. The van der Waals surface area contributed by atoms with E-state index in [4.69, 9.17) is 5.73 Å². The monoisotopic (exact) mass is 1080 g/mol. The van der Waals surface area contributed by atoms with Crippen molar-refractivity contribution in [2.24, 2.45) is 5.73 Å². The Morgan fingerprint density at radius 2 is 1.26 bits per heavy atom. The zero-order valence-electron chi connectivity index (χ0n) is 39.7. The number of fused-ring (bicyclic) bond motifs is 6. The van der Waals surface area contributed by atoms with Crippen LogP contribution in [0.1, 0.15) is 90.2 Å². The van der Waals surface area contributed by atoms with Crippen LogP contribution in [0.4, 0.5) is 11.4 Å². The molecule has 0 aliphatic carbocycles. The number of allylic oxidation sites excluding steroid dienone is 6. The average Bonchev–Trinajstić information content (AvgIpc) is 3.56. The van der Waals surface area contributed by atoms with Gasteiger partial charge in [0.05, 0.1) is 25.0 Å². The van der Waals surface area contributed by atoms with Crippen molar-refractivity contribution >= 4 is 85.0 Å². The van der Waals surface area contributed by atoms with E-state index in [0.29, 0.717) is 85.7 Å². The molecule has 0 aromatic heterocycles. The van der Waals surface area contributed by atoms with Gasteiger partial charge in [0.1, 0.15) is 37.4 Å². The molecule has 0 spiro atoms. The quantitative estimate of drug-likeness (QED) is 0.0365. The van der Waals surface area contributed by atoms with Crippen LogP contribution >= 0.6 is 0 Å². The van der Waals surface area contributed by atoms with E-state index in [0.717, 1.165) is 43.5 Å². The van der Waals surface area contributed by atoms with Crippen molar-refractivity contribution in [3.05, 3.63) is 95.7 Å². The molecule has 1 amide bonds. The molecule has 362 valence electrons. The molecule has 0 atom stereocenters. The van der Waals surface area contributed by atoms with Gasteiger partial charge in [-0.1, -0.05) is 57.4 Å². The van der Waals surface area contributed by atoms with Crippen LogP contribution in [0.15, 0.2) is 104 Å². The van der Waals surface area contributed by atoms with Gasteiger partial charge in [-0.3, -0.25) is 9.35 Å². The average molecular weight is 1080 g/mol. The minimum absolute atomic E-state index is 0. The molecule has 0 radical (unpaired) electrons. The third-order valence-corrected chi connectivity index (χ3v) is 15.9. The van der Waals surface area contributed by atoms with E-state index in [1.807, 2.05) is 49.3 Å². The third kappa shape index (κ3) is 13.2. The maximum Gasteiger partial charge on any atom is 1.00 e. The molecule has 17 nitrogen and oxygen atoms in total. The predicted octanol–water partition coefficient (Wildman–Crippen LogP) is -0.0442. The Balaban J connectivity index is 0.00000518. The van der Waals surface area contributed by atoms with Crippen molar-refractivity contribution in [2.45, 2.75) is 109 Å². The van der Waals surface area contributed by atoms with Gasteiger partial charge < -0.3 is 29.6 Å². The summed E-state index contributed by atoms with van der Waals surface area (Å²) < 4.78 is 147. The Kier molecular flexibility index (Phi) is 20.3. The number of unbranched alkanes of at least 4 members (excludes halogenated alkanes) is 5. The molecule has 4 aromatic rings. The van der Waals surface area contributed by atoms with Crippen LogP contribution in [-0.4, -0.2) is 94.8 Å². The molecule has 4 N–H and O–H groups in total. The molecule has 2 heterocycles. The van der Waals surface area contributed by atoms with Crippen molar-refractivity contribution in [3.8, 4) is 0 Å². The zero-order valence-corrected chi connectivity index (χ0v) is 49.2. The first kappa shape index (κ1) is 60.0. The topological polar surface area (TPSA) is 287 Å². The van der Waals surface area contributed by atoms with Gasteiger partial charge in [-0.2, -0.15) is 13.0 Å². The van der Waals surface area contributed by atoms with Crippen LogP contribution in [0.5, 0.6) is 0 Å². The Morgan fingerprint density at radius 1 is 0.696 bits per heavy atom. The van der Waals surface area contributed by atoms with Gasteiger partial charge in [0.25, 0.3) is 10.1 Å². The summed E-state index contributed by atoms with van der Waals surface area (Å²) in [5.74, 6) is -0.0392. The molecule has 23 heteroatoms. The summed E-state index contributed by atoms with van der Waals surface area (Å²) in [6.45, 7) is 9.07. The van der Waals surface area contributed by atoms with Crippen LogP contribution in [0, 0.1) is 0 Å². The van der Waals surface area contributed by atoms with Crippen LogP contribution in [0.2, 0.25) is 0 Å². The molecule has 0 saturated carbocycles. The molecule has 69 heavy (non-hydrogen) atoms. The van der Waals surface area contributed by atoms with Crippen molar-refractivity contribution < 1.29 is 164 Å². The largest absolute Gasteiger partial charge is 1.00 e. The SMILES string of the molecule is C[N+]1=C(/C=C/C=C/C=C2/N(CCCCCC(=O)NCCCCCCN)c3ccc4c(S(=O)(=O)[O-])cc(S(=O)(=O)[O-])cc4c3C2(C)C)C(C)(C)c2c1ccc1c(S(=O)(=O)[O-])cc(S(=O)(=O)O)cc21.[K+].[K+]. The van der Waals surface area contributed by atoms with Gasteiger partial charge >= 0.3 is 103 Å². The van der Waals surface area contributed by atoms with Gasteiger partial charge in [0.2, 0.25) is 11.6 Å². The second-order valence-corrected chi connectivity index (χ2v) is 23.3. The van der Waals surface area contributed by atoms with E-state index in [2.05, 4.69) is 5.32 Å². The summed E-state index contributed by atoms with van der Waals surface area (Å²) in [4.78, 5) is 11.3. The van der Waals surface area contributed by atoms with E-state index in [9.17, 15) is 56.7 Å². The number of carbonyl (C=O) groups is 1. The molecule has 2 aliphatic rings. The Labute approximate surface area is 490 Å². The number of anilines is 1. The van der Waals surface area contributed by atoms with Crippen LogP contribution in [0.3, 0.4) is 0 Å². The Hall–Kier alpha value is -1.57. The molecule has 0 bridgehead atoms. The third-order valence-electron chi connectivity index (χ3n) is 12.5. The Morgan fingerprint density at radius 3 is 1.86 bits per heavy atom. The molecule has 0 unspecified atom stereocenters. The van der Waals surface area contributed by atoms with Crippen molar-refractivity contribution in [1.82, 2.24) is 5.32 Å². The van der Waals surface area contributed by atoms with Gasteiger partial charge in [0, 0.05) is 59.4 Å². The second-order valence-electron chi connectivity index (χ2n) is 17.8. The normalized spacial score (nSPS) is 16.4. The fourth-order valence-electron chi connectivity index (χ4n) is 9.41. The van der Waals surface area contributed by atoms with Gasteiger partial charge in [-0.05, 0) is 110 Å². The predicted molar refractivity (Wildman–Crippen MR) is 251 cm³/mol. The fourth-order valence-corrected chi connectivity index (χ4v) is 12.1. The summed E-state index contributed by atoms with van der Waals surface area (Å²) in [6.07, 6.45) is 15.0. The maximum atomic E-state index is 12.5. The van der Waals surface area contributed by atoms with Crippen LogP contribution < -0.4 is 119 Å². The fraction of sp³-hybridized carbons (Fsp3) is 0.391. The molecule has 0 saturated heterocycles. The van der Waals surface area contributed by atoms with Gasteiger partial charge in [-0.15, -0.1) is 0 Å². The molecule has 4 aromatic carbocycles. The number of hydrogen-bond acceptors (Lipinski definition) is 14. The first-order chi connectivity index (χ1) is 31.1. The number of hydrogen-bond donors (Lipinski definition) is 3. The van der Waals surface area contributed by atoms with E-state index in [1.165, 1.54) is 12.1 Å². The minimum atomic E-state index is -5.23. The first-order valence-electron chi connectivity index (χ1n) is 21.6. The van der Waals surface area contributed by atoms with E-state index < -0.39 is 70.9 Å². The van der Waals surface area contributed by atoms with Crippen molar-refractivity contribution in [1.29, 1.82) is 0 Å². The molecule has 2 aliphatic heterocycles. The van der Waals surface area contributed by atoms with Crippen molar-refractivity contribution in [2.75, 3.05) is 31.6 Å². The number of nitrogens with one attached hydrogen (secondary N) is 1. The molecule has 6 rings (SSSR count). The number of nitrogens with zero attached hydrogens (tertiary/aromatic N) is 2. The summed E-state index contributed by atoms with van der Waals surface area (Å²) in [7, 11) is -18.7. The number of benzene rings is 4. The second kappa shape index (κ2) is 23.3. The first-order valence-corrected chi connectivity index (χ1v) is 27.3. The number of rotatable bonds is 19. The smallest absolute Gasteiger partial charge is 0.744 e. The molecule has 0 fully saturated rings. The maximum absolute atomic E-state index is 12.5. The summed E-state index contributed by atoms with van der Waals surface area (Å²) in [6, 6.07) is 9.63. The molecular formula is C46H54K2N4O13S4. The van der Waals surface area contributed by atoms with Gasteiger partial charge in [-0.25, -0.2) is 25.3 Å². The zero-order chi connectivity index (χ0) is 49.5. The summed E-state index contributed by atoms with van der Waals surface area (Å²) >= 11 is 0. The number of amides is 1. The number of carbonyl (C=O) groups excluding carboxylic acids is 1. The molecular weight excluding hydrogens is 1020 g/mol.